The fourth-order valence-corrected chi connectivity index (χ4v) is 3.91. The number of aromatic amines is 1. The summed E-state index contributed by atoms with van der Waals surface area (Å²) in [5.41, 5.74) is 10.5. The minimum absolute atomic E-state index is 0.132. The molecule has 1 aromatic heterocycles. The van der Waals surface area contributed by atoms with Crippen LogP contribution in [0.4, 0.5) is 0 Å². The number of hydrogen-bond acceptors (Lipinski definition) is 5. The zero-order chi connectivity index (χ0) is 24.0. The quantitative estimate of drug-likeness (QED) is 0.271. The van der Waals surface area contributed by atoms with Crippen molar-refractivity contribution in [1.82, 2.24) is 9.97 Å². The summed E-state index contributed by atoms with van der Waals surface area (Å²) in [5.74, 6) is 1.26. The molecule has 0 amide bonds. The minimum Gasteiger partial charge on any atom is -0.493 e. The van der Waals surface area contributed by atoms with E-state index in [2.05, 4.69) is 46.4 Å². The topological polar surface area (TPSA) is 110 Å². The van der Waals surface area contributed by atoms with Crippen molar-refractivity contribution in [2.45, 2.75) is 18.9 Å². The molecule has 0 aliphatic rings. The van der Waals surface area contributed by atoms with Gasteiger partial charge >= 0.3 is 8.25 Å². The van der Waals surface area contributed by atoms with Crippen molar-refractivity contribution in [3.63, 3.8) is 0 Å². The first-order valence-corrected chi connectivity index (χ1v) is 12.0. The molecule has 4 N–H and O–H groups in total. The van der Waals surface area contributed by atoms with Gasteiger partial charge in [0.15, 0.2) is 0 Å². The van der Waals surface area contributed by atoms with Gasteiger partial charge in [-0.15, -0.1) is 9.42 Å². The summed E-state index contributed by atoms with van der Waals surface area (Å²) < 4.78 is 21.5. The molecule has 0 saturated carbocycles. The second-order valence-electron chi connectivity index (χ2n) is 8.26. The minimum atomic E-state index is -2.71. The van der Waals surface area contributed by atoms with Crippen molar-refractivity contribution in [3.05, 3.63) is 96.4 Å². The number of aromatic nitrogens is 2. The van der Waals surface area contributed by atoms with Crippen LogP contribution < -0.4 is 10.5 Å². The molecule has 0 bridgehead atoms. The third-order valence-corrected chi connectivity index (χ3v) is 5.83. The van der Waals surface area contributed by atoms with Gasteiger partial charge < -0.3 is 15.5 Å². The molecule has 3 aromatic carbocycles. The molecule has 0 aliphatic carbocycles. The Morgan fingerprint density at radius 3 is 2.29 bits per heavy atom. The maximum Gasteiger partial charge on any atom is 0.694 e. The van der Waals surface area contributed by atoms with Gasteiger partial charge in [0.1, 0.15) is 23.7 Å². The lowest BCUT2D eigenvalue weighted by atomic mass is 10.0. The second kappa shape index (κ2) is 10.7. The fourth-order valence-electron chi connectivity index (χ4n) is 3.53. The Morgan fingerprint density at radius 1 is 0.971 bits per heavy atom. The van der Waals surface area contributed by atoms with Gasteiger partial charge in [0.25, 0.3) is 0 Å². The number of benzene rings is 3. The molecule has 34 heavy (non-hydrogen) atoms. The number of imidazole rings is 1. The normalized spacial score (nSPS) is 13.3. The molecular weight excluding hydrogens is 449 g/mol. The van der Waals surface area contributed by atoms with Crippen LogP contribution in [-0.4, -0.2) is 28.1 Å². The molecule has 0 radical (unpaired) electrons. The van der Waals surface area contributed by atoms with E-state index in [4.69, 9.17) is 19.9 Å². The lowest BCUT2D eigenvalue weighted by Crippen LogP contribution is -2.38. The molecule has 2 atom stereocenters. The fraction of sp³-hybridized carbons (Fsp3) is 0.192. The monoisotopic (exact) mass is 476 g/mol. The summed E-state index contributed by atoms with van der Waals surface area (Å²) >= 11 is 0. The van der Waals surface area contributed by atoms with Crippen molar-refractivity contribution in [2.24, 2.45) is 5.73 Å². The summed E-state index contributed by atoms with van der Waals surface area (Å²) in [5, 5.41) is 0. The van der Waals surface area contributed by atoms with Gasteiger partial charge in [-0.05, 0) is 53.4 Å². The molecular formula is C26H27N3O4P+. The van der Waals surface area contributed by atoms with Gasteiger partial charge in [0.05, 0.1) is 18.5 Å². The molecule has 2 unspecified atom stereocenters. The van der Waals surface area contributed by atoms with Crippen molar-refractivity contribution in [2.75, 3.05) is 13.2 Å². The predicted molar refractivity (Wildman–Crippen MR) is 132 cm³/mol. The highest BCUT2D eigenvalue weighted by Gasteiger charge is 2.30. The van der Waals surface area contributed by atoms with E-state index in [0.717, 1.165) is 23.4 Å². The lowest BCUT2D eigenvalue weighted by Gasteiger charge is -2.18. The van der Waals surface area contributed by atoms with Gasteiger partial charge in [-0.25, -0.2) is 4.98 Å². The Morgan fingerprint density at radius 2 is 1.62 bits per heavy atom. The van der Waals surface area contributed by atoms with Crippen LogP contribution in [0, 0.1) is 0 Å². The average molecular weight is 476 g/mol. The first kappa shape index (κ1) is 23.8. The molecule has 4 rings (SSSR count). The standard InChI is InChI=1S/C26H26N3O4P/c1-26(27,18-33-34(30)31)25-28-17-24(29-25)22-11-13-23(14-12-22)32-16-15-19-7-9-21(10-8-19)20-5-3-2-4-6-20/h2-14,17H,15-16,18,27H2,1H3,(H-,28,29,30,31)/p+1. The molecule has 174 valence electrons. The van der Waals surface area contributed by atoms with Crippen LogP contribution in [0.15, 0.2) is 85.1 Å². The van der Waals surface area contributed by atoms with Crippen molar-refractivity contribution >= 4 is 8.25 Å². The Balaban J connectivity index is 1.30. The van der Waals surface area contributed by atoms with Crippen molar-refractivity contribution in [3.8, 4) is 28.1 Å². The van der Waals surface area contributed by atoms with Crippen LogP contribution >= 0.6 is 8.25 Å². The van der Waals surface area contributed by atoms with E-state index >= 15 is 0 Å². The summed E-state index contributed by atoms with van der Waals surface area (Å²) in [6.07, 6.45) is 2.49. The van der Waals surface area contributed by atoms with E-state index in [0.29, 0.717) is 12.4 Å². The zero-order valence-electron chi connectivity index (χ0n) is 18.8. The molecule has 7 nitrogen and oxygen atoms in total. The van der Waals surface area contributed by atoms with Gasteiger partial charge in [-0.2, -0.15) is 0 Å². The first-order valence-electron chi connectivity index (χ1n) is 10.9. The van der Waals surface area contributed by atoms with E-state index in [9.17, 15) is 4.57 Å². The summed E-state index contributed by atoms with van der Waals surface area (Å²) in [7, 11) is -2.71. The number of hydrogen-bond donors (Lipinski definition) is 3. The number of nitrogens with zero attached hydrogens (tertiary/aromatic N) is 1. The van der Waals surface area contributed by atoms with Gasteiger partial charge in [0.2, 0.25) is 0 Å². The molecule has 4 aromatic rings. The van der Waals surface area contributed by atoms with E-state index < -0.39 is 13.8 Å². The zero-order valence-corrected chi connectivity index (χ0v) is 19.7. The maximum absolute atomic E-state index is 10.8. The number of ether oxygens (including phenoxy) is 1. The Kier molecular flexibility index (Phi) is 7.50. The Hall–Kier alpha value is -3.35. The van der Waals surface area contributed by atoms with Crippen LogP contribution in [0.25, 0.3) is 22.4 Å². The largest absolute Gasteiger partial charge is 0.694 e. The highest BCUT2D eigenvalue weighted by atomic mass is 31.1. The van der Waals surface area contributed by atoms with Crippen LogP contribution in [0.3, 0.4) is 0 Å². The third-order valence-electron chi connectivity index (χ3n) is 5.48. The average Bonchev–Trinajstić information content (AvgIpc) is 3.36. The molecule has 0 saturated heterocycles. The number of nitrogens with two attached hydrogens (primary N) is 1. The summed E-state index contributed by atoms with van der Waals surface area (Å²) in [6.45, 7) is 2.13. The van der Waals surface area contributed by atoms with E-state index in [1.165, 1.54) is 16.7 Å². The van der Waals surface area contributed by atoms with E-state index in [1.54, 1.807) is 13.1 Å². The number of H-pyrrole nitrogens is 1. The highest BCUT2D eigenvalue weighted by Crippen LogP contribution is 2.26. The highest BCUT2D eigenvalue weighted by molar-refractivity contribution is 7.32. The third kappa shape index (κ3) is 6.16. The van der Waals surface area contributed by atoms with Crippen molar-refractivity contribution in [1.29, 1.82) is 0 Å². The first-order chi connectivity index (χ1) is 16.4. The maximum atomic E-state index is 10.8. The molecule has 8 heteroatoms. The van der Waals surface area contributed by atoms with Crippen molar-refractivity contribution < 1.29 is 18.7 Å². The SMILES string of the molecule is CC(N)(CO[P+](=O)O)c1ncc(-c2ccc(OCCc3ccc(-c4ccccc4)cc3)cc2)[nH]1. The van der Waals surface area contributed by atoms with E-state index in [1.807, 2.05) is 42.5 Å². The second-order valence-corrected chi connectivity index (χ2v) is 8.99. The predicted octanol–water partition coefficient (Wildman–Crippen LogP) is 5.21. The molecule has 1 heterocycles. The lowest BCUT2D eigenvalue weighted by molar-refractivity contribution is 0.211. The molecule has 0 fully saturated rings. The van der Waals surface area contributed by atoms with Crippen LogP contribution in [0.1, 0.15) is 18.3 Å². The molecule has 0 aliphatic heterocycles. The van der Waals surface area contributed by atoms with Gasteiger partial charge in [-0.1, -0.05) is 54.6 Å². The number of rotatable bonds is 10. The molecule has 0 spiro atoms. The Bertz CT molecular complexity index is 1220. The number of nitrogens with one attached hydrogen (secondary N) is 1. The van der Waals surface area contributed by atoms with Gasteiger partial charge in [-0.3, -0.25) is 0 Å². The van der Waals surface area contributed by atoms with Crippen LogP contribution in [-0.2, 0) is 21.0 Å². The van der Waals surface area contributed by atoms with Gasteiger partial charge in [0, 0.05) is 11.0 Å². The van der Waals surface area contributed by atoms with Crippen LogP contribution in [0.5, 0.6) is 5.75 Å². The smallest absolute Gasteiger partial charge is 0.493 e. The Labute approximate surface area is 199 Å². The van der Waals surface area contributed by atoms with Crippen LogP contribution in [0.2, 0.25) is 0 Å². The summed E-state index contributed by atoms with van der Waals surface area (Å²) in [4.78, 5) is 16.3. The van der Waals surface area contributed by atoms with E-state index in [-0.39, 0.29) is 6.61 Å². The summed E-state index contributed by atoms with van der Waals surface area (Å²) in [6, 6.07) is 26.6.